The van der Waals surface area contributed by atoms with E-state index in [0.29, 0.717) is 25.1 Å². The average molecular weight is 502 g/mol. The van der Waals surface area contributed by atoms with E-state index in [1.165, 1.54) is 49.1 Å². The fourth-order valence-electron chi connectivity index (χ4n) is 4.19. The van der Waals surface area contributed by atoms with Gasteiger partial charge in [0.1, 0.15) is 11.9 Å². The molecule has 2 aromatic carbocycles. The second-order valence-electron chi connectivity index (χ2n) is 8.98. The molecule has 11 nitrogen and oxygen atoms in total. The molecule has 2 atom stereocenters. The van der Waals surface area contributed by atoms with Crippen LogP contribution in [-0.4, -0.2) is 65.3 Å². The summed E-state index contributed by atoms with van der Waals surface area (Å²) in [4.78, 5) is 23.3. The first-order chi connectivity index (χ1) is 17.4. The molecule has 196 valence electrons. The van der Waals surface area contributed by atoms with Gasteiger partial charge in [0.2, 0.25) is 6.54 Å². The summed E-state index contributed by atoms with van der Waals surface area (Å²) in [5.41, 5.74) is 1.65. The number of nitrogens with one attached hydrogen (secondary N) is 2. The number of hydrogen-bond donors (Lipinski definition) is 3. The number of nitro groups is 2. The van der Waals surface area contributed by atoms with Crippen LogP contribution in [0.1, 0.15) is 42.9 Å². The third-order valence-electron chi connectivity index (χ3n) is 6.11. The van der Waals surface area contributed by atoms with E-state index in [9.17, 15) is 25.3 Å². The van der Waals surface area contributed by atoms with Crippen LogP contribution in [0.3, 0.4) is 0 Å². The Bertz CT molecular complexity index is 968. The highest BCUT2D eigenvalue weighted by Crippen LogP contribution is 2.18. The lowest BCUT2D eigenvalue weighted by Crippen LogP contribution is -2.48. The molecule has 1 fully saturated rings. The summed E-state index contributed by atoms with van der Waals surface area (Å²) in [6, 6.07) is 13.7. The van der Waals surface area contributed by atoms with Gasteiger partial charge in [0.25, 0.3) is 5.69 Å². The second kappa shape index (κ2) is 14.4. The number of ether oxygens (including phenoxy) is 1. The van der Waals surface area contributed by atoms with Crippen LogP contribution in [0.15, 0.2) is 48.5 Å². The lowest BCUT2D eigenvalue weighted by Gasteiger charge is -2.26. The molecule has 2 aromatic rings. The van der Waals surface area contributed by atoms with Crippen molar-refractivity contribution >= 4 is 5.69 Å². The Morgan fingerprint density at radius 2 is 1.78 bits per heavy atom. The Labute approximate surface area is 210 Å². The van der Waals surface area contributed by atoms with Gasteiger partial charge in [-0.1, -0.05) is 18.6 Å². The highest BCUT2D eigenvalue weighted by molar-refractivity contribution is 5.33. The highest BCUT2D eigenvalue weighted by atomic mass is 16.6. The molecule has 1 aliphatic rings. The molecule has 0 radical (unpaired) electrons. The maximum atomic E-state index is 11.0. The molecule has 11 heteroatoms. The maximum Gasteiger partial charge on any atom is 0.269 e. The van der Waals surface area contributed by atoms with Gasteiger partial charge in [-0.25, -0.2) is 0 Å². The smallest absolute Gasteiger partial charge is 0.269 e. The topological polar surface area (TPSA) is 143 Å². The van der Waals surface area contributed by atoms with Crippen molar-refractivity contribution in [2.45, 2.75) is 44.5 Å². The van der Waals surface area contributed by atoms with E-state index >= 15 is 0 Å². The number of aliphatic hydroxyl groups is 1. The number of nitrogens with zero attached hydrogens (tertiary/aromatic N) is 3. The number of benzene rings is 2. The minimum absolute atomic E-state index is 0.0592. The molecule has 2 unspecified atom stereocenters. The van der Waals surface area contributed by atoms with E-state index in [1.807, 2.05) is 12.1 Å². The second-order valence-corrected chi connectivity index (χ2v) is 8.98. The number of likely N-dealkylation sites (tertiary alicyclic amines) is 1. The maximum absolute atomic E-state index is 11.0. The molecule has 0 amide bonds. The summed E-state index contributed by atoms with van der Waals surface area (Å²) in [7, 11) is 0. The number of piperidine rings is 1. The first-order valence-corrected chi connectivity index (χ1v) is 12.4. The van der Waals surface area contributed by atoms with Crippen molar-refractivity contribution in [2.75, 3.05) is 39.3 Å². The fraction of sp³-hybridized carbons (Fsp3) is 0.520. The van der Waals surface area contributed by atoms with E-state index in [4.69, 9.17) is 4.74 Å². The van der Waals surface area contributed by atoms with Gasteiger partial charge >= 0.3 is 0 Å². The van der Waals surface area contributed by atoms with Gasteiger partial charge in [-0.3, -0.25) is 35.8 Å². The Morgan fingerprint density at radius 3 is 2.47 bits per heavy atom. The monoisotopic (exact) mass is 501 g/mol. The minimum Gasteiger partial charge on any atom is -0.494 e. The third-order valence-corrected chi connectivity index (χ3v) is 6.11. The number of nitro benzene ring substituents is 1. The molecule has 3 N–H and O–H groups in total. The van der Waals surface area contributed by atoms with Crippen molar-refractivity contribution in [3.05, 3.63) is 79.9 Å². The first-order valence-electron chi connectivity index (χ1n) is 12.4. The zero-order valence-corrected chi connectivity index (χ0v) is 20.4. The lowest BCUT2D eigenvalue weighted by molar-refractivity contribution is -0.484. The van der Waals surface area contributed by atoms with Crippen LogP contribution in [0.25, 0.3) is 0 Å². The molecule has 0 saturated carbocycles. The summed E-state index contributed by atoms with van der Waals surface area (Å²) in [5.74, 6) is 0.815. The van der Waals surface area contributed by atoms with E-state index in [-0.39, 0.29) is 18.8 Å². The van der Waals surface area contributed by atoms with Crippen LogP contribution in [0.4, 0.5) is 5.69 Å². The zero-order chi connectivity index (χ0) is 25.8. The van der Waals surface area contributed by atoms with Gasteiger partial charge in [0.05, 0.1) is 17.6 Å². The summed E-state index contributed by atoms with van der Waals surface area (Å²) in [6.45, 7) is 3.88. The van der Waals surface area contributed by atoms with Crippen LogP contribution >= 0.6 is 0 Å². The molecule has 1 saturated heterocycles. The number of non-ortho nitro benzene ring substituents is 1. The summed E-state index contributed by atoms with van der Waals surface area (Å²) >= 11 is 0. The predicted molar refractivity (Wildman–Crippen MR) is 135 cm³/mol. The fourth-order valence-corrected chi connectivity index (χ4v) is 4.19. The van der Waals surface area contributed by atoms with E-state index < -0.39 is 22.1 Å². The first kappa shape index (κ1) is 27.5. The number of hydrogen-bond acceptors (Lipinski definition) is 9. The van der Waals surface area contributed by atoms with Gasteiger partial charge in [0, 0.05) is 36.7 Å². The van der Waals surface area contributed by atoms with E-state index in [1.54, 1.807) is 0 Å². The molecule has 1 aliphatic heterocycles. The largest absolute Gasteiger partial charge is 0.494 e. The lowest BCUT2D eigenvalue weighted by atomic mass is 10.1. The van der Waals surface area contributed by atoms with Crippen molar-refractivity contribution in [1.82, 2.24) is 15.5 Å². The Hall–Kier alpha value is -3.12. The quantitative estimate of drug-likeness (QED) is 0.145. The molecule has 36 heavy (non-hydrogen) atoms. The Balaban J connectivity index is 1.38. The molecule has 0 aromatic heterocycles. The van der Waals surface area contributed by atoms with E-state index in [0.717, 1.165) is 25.4 Å². The Kier molecular flexibility index (Phi) is 11.0. The molecular formula is C25H35N5O6. The standard InChI is InChI=1S/C25H35N5O6/c31-24(21-8-10-22(11-9-21)30(34)35)17-27-25(19-29(32)33)26-12-5-15-36-23-7-4-6-20(16-23)18-28-13-2-1-3-14-28/h4,6-11,16,24-27,31H,1-3,5,12-15,17-19H2. The minimum atomic E-state index is -0.956. The van der Waals surface area contributed by atoms with Crippen LogP contribution in [-0.2, 0) is 6.54 Å². The molecule has 1 heterocycles. The van der Waals surface area contributed by atoms with Crippen molar-refractivity contribution in [3.8, 4) is 5.75 Å². The molecule has 3 rings (SSSR count). The zero-order valence-electron chi connectivity index (χ0n) is 20.4. The van der Waals surface area contributed by atoms with Crippen LogP contribution < -0.4 is 15.4 Å². The molecular weight excluding hydrogens is 466 g/mol. The van der Waals surface area contributed by atoms with Crippen molar-refractivity contribution in [2.24, 2.45) is 0 Å². The molecule has 0 spiro atoms. The van der Waals surface area contributed by atoms with Crippen LogP contribution in [0, 0.1) is 20.2 Å². The normalized spacial score (nSPS) is 15.8. The predicted octanol–water partition coefficient (Wildman–Crippen LogP) is 2.87. The SMILES string of the molecule is O=[N+]([O-])CC(NCCCOc1cccc(CN2CCCCC2)c1)NCC(O)c1ccc([N+](=O)[O-])cc1. The van der Waals surface area contributed by atoms with Gasteiger partial charge < -0.3 is 9.84 Å². The number of aliphatic hydroxyl groups excluding tert-OH is 1. The average Bonchev–Trinajstić information content (AvgIpc) is 2.87. The van der Waals surface area contributed by atoms with Crippen molar-refractivity contribution in [3.63, 3.8) is 0 Å². The summed E-state index contributed by atoms with van der Waals surface area (Å²) < 4.78 is 5.88. The van der Waals surface area contributed by atoms with E-state index in [2.05, 4.69) is 27.7 Å². The Morgan fingerprint density at radius 1 is 1.03 bits per heavy atom. The van der Waals surface area contributed by atoms with Crippen molar-refractivity contribution in [1.29, 1.82) is 0 Å². The molecule has 0 aliphatic carbocycles. The van der Waals surface area contributed by atoms with Gasteiger partial charge in [-0.05, 0) is 67.7 Å². The third kappa shape index (κ3) is 9.50. The van der Waals surface area contributed by atoms with Gasteiger partial charge in [-0.2, -0.15) is 0 Å². The van der Waals surface area contributed by atoms with Crippen LogP contribution in [0.5, 0.6) is 5.75 Å². The van der Waals surface area contributed by atoms with Gasteiger partial charge in [0.15, 0.2) is 0 Å². The number of rotatable bonds is 15. The van der Waals surface area contributed by atoms with Gasteiger partial charge in [-0.15, -0.1) is 0 Å². The summed E-state index contributed by atoms with van der Waals surface area (Å²) in [5, 5.41) is 38.2. The van der Waals surface area contributed by atoms with Crippen LogP contribution in [0.2, 0.25) is 0 Å². The highest BCUT2D eigenvalue weighted by Gasteiger charge is 2.17. The molecule has 0 bridgehead atoms. The summed E-state index contributed by atoms with van der Waals surface area (Å²) in [6.07, 6.45) is 2.88. The van der Waals surface area contributed by atoms with Crippen molar-refractivity contribution < 1.29 is 19.7 Å².